The van der Waals surface area contributed by atoms with Gasteiger partial charge in [-0.1, -0.05) is 12.8 Å². The van der Waals surface area contributed by atoms with Gasteiger partial charge in [0.1, 0.15) is 6.61 Å². The zero-order valence-electron chi connectivity index (χ0n) is 7.50. The molecule has 0 aromatic rings. The van der Waals surface area contributed by atoms with Crippen LogP contribution in [0.4, 0.5) is 0 Å². The maximum atomic E-state index is 4.65. The van der Waals surface area contributed by atoms with Gasteiger partial charge >= 0.3 is 0 Å². The van der Waals surface area contributed by atoms with Gasteiger partial charge in [0.25, 0.3) is 0 Å². The van der Waals surface area contributed by atoms with E-state index in [4.69, 9.17) is 0 Å². The average molecular weight is 187 g/mol. The lowest BCUT2D eigenvalue weighted by Gasteiger charge is -1.86. The predicted octanol–water partition coefficient (Wildman–Crippen LogP) is 2.34. The van der Waals surface area contributed by atoms with Crippen molar-refractivity contribution < 1.29 is 4.74 Å². The quantitative estimate of drug-likeness (QED) is 0.580. The first-order valence-electron chi connectivity index (χ1n) is 4.68. The van der Waals surface area contributed by atoms with E-state index in [2.05, 4.69) is 21.5 Å². The van der Waals surface area contributed by atoms with Gasteiger partial charge in [-0.15, -0.1) is 0 Å². The molecule has 0 N–H and O–H groups in total. The van der Waals surface area contributed by atoms with Crippen LogP contribution in [0.3, 0.4) is 0 Å². The van der Waals surface area contributed by atoms with Gasteiger partial charge in [0.2, 0.25) is 0 Å². The predicted molar refractivity (Wildman–Crippen MR) is 55.1 cm³/mol. The Labute approximate surface area is 78.8 Å². The molecule has 2 aliphatic rings. The standard InChI is InChI=1S/C6H12S.C3H5NO/c1-2-4-6-7-5-3-1;1-2-5-3-4-1/h1-6H2;3H,1-2H2. The molecule has 0 aliphatic carbocycles. The maximum Gasteiger partial charge on any atom is 0.169 e. The van der Waals surface area contributed by atoms with Crippen LogP contribution in [-0.2, 0) is 4.74 Å². The topological polar surface area (TPSA) is 21.6 Å². The van der Waals surface area contributed by atoms with E-state index < -0.39 is 0 Å². The minimum atomic E-state index is 0.778. The van der Waals surface area contributed by atoms with Gasteiger partial charge in [-0.2, -0.15) is 11.8 Å². The molecule has 1 saturated heterocycles. The maximum absolute atomic E-state index is 4.65. The summed E-state index contributed by atoms with van der Waals surface area (Å²) in [6, 6.07) is 0. The van der Waals surface area contributed by atoms with Crippen LogP contribution in [0, 0.1) is 0 Å². The summed E-state index contributed by atoms with van der Waals surface area (Å²) in [5.41, 5.74) is 0. The molecule has 12 heavy (non-hydrogen) atoms. The molecule has 0 bridgehead atoms. The van der Waals surface area contributed by atoms with Gasteiger partial charge in [0.15, 0.2) is 6.40 Å². The Kier molecular flexibility index (Phi) is 6.16. The molecule has 2 aliphatic heterocycles. The lowest BCUT2D eigenvalue weighted by atomic mass is 10.2. The fraction of sp³-hybridized carbons (Fsp3) is 0.889. The Morgan fingerprint density at radius 2 is 1.83 bits per heavy atom. The molecule has 2 rings (SSSR count). The van der Waals surface area contributed by atoms with Crippen molar-refractivity contribution in [1.82, 2.24) is 0 Å². The van der Waals surface area contributed by atoms with Crippen LogP contribution >= 0.6 is 11.8 Å². The highest BCUT2D eigenvalue weighted by Gasteiger charge is 1.95. The molecule has 2 nitrogen and oxygen atoms in total. The van der Waals surface area contributed by atoms with Gasteiger partial charge in [0, 0.05) is 0 Å². The second-order valence-corrected chi connectivity index (χ2v) is 4.13. The van der Waals surface area contributed by atoms with E-state index in [1.165, 1.54) is 43.6 Å². The number of rotatable bonds is 0. The van der Waals surface area contributed by atoms with Crippen molar-refractivity contribution in [3.05, 3.63) is 0 Å². The number of nitrogens with zero attached hydrogens (tertiary/aromatic N) is 1. The number of aliphatic imine (C=N–C) groups is 1. The van der Waals surface area contributed by atoms with Gasteiger partial charge in [-0.05, 0) is 24.3 Å². The van der Waals surface area contributed by atoms with Gasteiger partial charge < -0.3 is 4.74 Å². The highest BCUT2D eigenvalue weighted by molar-refractivity contribution is 7.99. The smallest absolute Gasteiger partial charge is 0.169 e. The third-order valence-corrected chi connectivity index (χ3v) is 2.97. The Morgan fingerprint density at radius 1 is 1.08 bits per heavy atom. The van der Waals surface area contributed by atoms with Crippen molar-refractivity contribution in [2.24, 2.45) is 4.99 Å². The van der Waals surface area contributed by atoms with E-state index in [-0.39, 0.29) is 0 Å². The fourth-order valence-electron chi connectivity index (χ4n) is 1.13. The van der Waals surface area contributed by atoms with E-state index in [0.29, 0.717) is 0 Å². The van der Waals surface area contributed by atoms with Gasteiger partial charge in [-0.25, -0.2) is 0 Å². The fourth-order valence-corrected chi connectivity index (χ4v) is 2.15. The third-order valence-electron chi connectivity index (χ3n) is 1.81. The van der Waals surface area contributed by atoms with Gasteiger partial charge in [0.05, 0.1) is 6.54 Å². The SMILES string of the molecule is C1=NCCO1.C1CCCSCC1. The van der Waals surface area contributed by atoms with Crippen LogP contribution in [0.15, 0.2) is 4.99 Å². The van der Waals surface area contributed by atoms with E-state index in [1.54, 1.807) is 0 Å². The molecule has 0 aromatic carbocycles. The molecule has 0 saturated carbocycles. The second-order valence-electron chi connectivity index (χ2n) is 2.91. The Hall–Kier alpha value is -0.180. The molecule has 2 heterocycles. The highest BCUT2D eigenvalue weighted by Crippen LogP contribution is 2.15. The molecule has 0 spiro atoms. The summed E-state index contributed by atoms with van der Waals surface area (Å²) in [5, 5.41) is 0. The molecule has 0 radical (unpaired) electrons. The molecule has 0 aromatic heterocycles. The van der Waals surface area contributed by atoms with Crippen molar-refractivity contribution in [1.29, 1.82) is 0 Å². The zero-order chi connectivity index (χ0) is 8.49. The Morgan fingerprint density at radius 3 is 2.25 bits per heavy atom. The largest absolute Gasteiger partial charge is 0.482 e. The molecular formula is C9H17NOS. The minimum absolute atomic E-state index is 0.778. The highest BCUT2D eigenvalue weighted by atomic mass is 32.2. The first-order chi connectivity index (χ1) is 6.00. The Bertz CT molecular complexity index is 102. The van der Waals surface area contributed by atoms with Crippen LogP contribution in [0.25, 0.3) is 0 Å². The van der Waals surface area contributed by atoms with Crippen molar-refractivity contribution in [2.75, 3.05) is 24.7 Å². The molecule has 0 atom stereocenters. The number of hydrogen-bond acceptors (Lipinski definition) is 3. The van der Waals surface area contributed by atoms with Crippen molar-refractivity contribution in [3.8, 4) is 0 Å². The van der Waals surface area contributed by atoms with Crippen molar-refractivity contribution >= 4 is 18.2 Å². The lowest BCUT2D eigenvalue weighted by Crippen LogP contribution is -1.80. The first kappa shape index (κ1) is 9.90. The first-order valence-corrected chi connectivity index (χ1v) is 5.83. The van der Waals surface area contributed by atoms with Crippen LogP contribution in [-0.4, -0.2) is 31.1 Å². The van der Waals surface area contributed by atoms with Crippen molar-refractivity contribution in [2.45, 2.75) is 25.7 Å². The summed E-state index contributed by atoms with van der Waals surface area (Å²) in [4.78, 5) is 3.74. The number of hydrogen-bond donors (Lipinski definition) is 0. The van der Waals surface area contributed by atoms with E-state index in [9.17, 15) is 0 Å². The lowest BCUT2D eigenvalue weighted by molar-refractivity contribution is 0.361. The Balaban J connectivity index is 0.000000127. The number of ether oxygens (including phenoxy) is 1. The summed E-state index contributed by atoms with van der Waals surface area (Å²) < 4.78 is 4.65. The minimum Gasteiger partial charge on any atom is -0.482 e. The summed E-state index contributed by atoms with van der Waals surface area (Å²) in [6.45, 7) is 1.62. The molecule has 0 amide bonds. The van der Waals surface area contributed by atoms with Crippen molar-refractivity contribution in [3.63, 3.8) is 0 Å². The van der Waals surface area contributed by atoms with Crippen LogP contribution < -0.4 is 0 Å². The third kappa shape index (κ3) is 5.47. The average Bonchev–Trinajstić information content (AvgIpc) is 2.54. The van der Waals surface area contributed by atoms with Crippen LogP contribution in [0.1, 0.15) is 25.7 Å². The molecule has 3 heteroatoms. The van der Waals surface area contributed by atoms with Crippen LogP contribution in [0.5, 0.6) is 0 Å². The molecule has 70 valence electrons. The molecule has 1 fully saturated rings. The molecular weight excluding hydrogens is 170 g/mol. The van der Waals surface area contributed by atoms with Gasteiger partial charge in [-0.3, -0.25) is 4.99 Å². The van der Waals surface area contributed by atoms with E-state index in [1.807, 2.05) is 0 Å². The second kappa shape index (κ2) is 7.47. The normalized spacial score (nSPS) is 22.0. The monoisotopic (exact) mass is 187 g/mol. The zero-order valence-corrected chi connectivity index (χ0v) is 8.31. The summed E-state index contributed by atoms with van der Waals surface area (Å²) in [7, 11) is 0. The summed E-state index contributed by atoms with van der Waals surface area (Å²) in [5.74, 6) is 2.83. The van der Waals surface area contributed by atoms with Crippen LogP contribution in [0.2, 0.25) is 0 Å². The summed E-state index contributed by atoms with van der Waals surface area (Å²) >= 11 is 2.12. The van der Waals surface area contributed by atoms with E-state index in [0.717, 1.165) is 13.2 Å². The summed E-state index contributed by atoms with van der Waals surface area (Å²) in [6.07, 6.45) is 7.37. The molecule has 0 unspecified atom stereocenters. The van der Waals surface area contributed by atoms with E-state index >= 15 is 0 Å². The number of thioether (sulfide) groups is 1.